The Morgan fingerprint density at radius 1 is 1.14 bits per heavy atom. The molecule has 1 aliphatic heterocycles. The van der Waals surface area contributed by atoms with E-state index in [-0.39, 0.29) is 24.0 Å². The van der Waals surface area contributed by atoms with Gasteiger partial charge in [0, 0.05) is 46.4 Å². The summed E-state index contributed by atoms with van der Waals surface area (Å²) in [6.45, 7) is 11.2. The number of ether oxygens (including phenoxy) is 2. The monoisotopic (exact) mass is 518 g/mol. The van der Waals surface area contributed by atoms with Gasteiger partial charge in [-0.15, -0.1) is 24.0 Å². The first-order valence-corrected chi connectivity index (χ1v) is 10.6. The molecule has 7 heteroatoms. The number of nitrogens with zero attached hydrogens (tertiary/aromatic N) is 2. The van der Waals surface area contributed by atoms with Crippen molar-refractivity contribution in [2.45, 2.75) is 39.2 Å². The molecule has 0 radical (unpaired) electrons. The number of aliphatic imine (C=N–C) groups is 1. The van der Waals surface area contributed by atoms with Crippen LogP contribution in [0.15, 0.2) is 29.3 Å². The SMILES string of the molecule is CCCCOCCCNC(=NC)NCC(c1ccc(C)cc1)N1CCOCC1.I. The average Bonchev–Trinajstić information content (AvgIpc) is 2.73. The van der Waals surface area contributed by atoms with Gasteiger partial charge < -0.3 is 20.1 Å². The van der Waals surface area contributed by atoms with Gasteiger partial charge in [-0.3, -0.25) is 9.89 Å². The van der Waals surface area contributed by atoms with E-state index in [1.807, 2.05) is 7.05 Å². The van der Waals surface area contributed by atoms with Crippen molar-refractivity contribution in [1.82, 2.24) is 15.5 Å². The average molecular weight is 518 g/mol. The highest BCUT2D eigenvalue weighted by atomic mass is 127. The molecule has 29 heavy (non-hydrogen) atoms. The van der Waals surface area contributed by atoms with E-state index >= 15 is 0 Å². The molecule has 0 saturated carbocycles. The van der Waals surface area contributed by atoms with Crippen LogP contribution >= 0.6 is 24.0 Å². The first kappa shape index (κ1) is 26.1. The quantitative estimate of drug-likeness (QED) is 0.204. The summed E-state index contributed by atoms with van der Waals surface area (Å²) in [5.41, 5.74) is 2.62. The Labute approximate surface area is 193 Å². The van der Waals surface area contributed by atoms with Crippen LogP contribution in [-0.4, -0.2) is 70.5 Å². The zero-order valence-electron chi connectivity index (χ0n) is 18.3. The minimum absolute atomic E-state index is 0. The number of hydrogen-bond donors (Lipinski definition) is 2. The van der Waals surface area contributed by atoms with E-state index < -0.39 is 0 Å². The molecule has 1 aromatic rings. The van der Waals surface area contributed by atoms with E-state index in [9.17, 15) is 0 Å². The number of hydrogen-bond acceptors (Lipinski definition) is 4. The van der Waals surface area contributed by atoms with Crippen molar-refractivity contribution in [3.8, 4) is 0 Å². The molecule has 0 aromatic heterocycles. The van der Waals surface area contributed by atoms with Crippen LogP contribution in [0, 0.1) is 6.92 Å². The minimum atomic E-state index is 0. The van der Waals surface area contributed by atoms with E-state index in [1.165, 1.54) is 17.5 Å². The third kappa shape index (κ3) is 10.1. The smallest absolute Gasteiger partial charge is 0.191 e. The standard InChI is InChI=1S/C22H38N4O2.HI/c1-4-5-14-27-15-6-11-24-22(23-3)25-18-21(26-12-16-28-17-13-26)20-9-7-19(2)8-10-20;/h7-10,21H,4-6,11-18H2,1-3H3,(H2,23,24,25);1H. The van der Waals surface area contributed by atoms with Crippen LogP contribution in [0.3, 0.4) is 0 Å². The number of benzene rings is 1. The fourth-order valence-electron chi connectivity index (χ4n) is 3.28. The molecule has 6 nitrogen and oxygen atoms in total. The van der Waals surface area contributed by atoms with E-state index in [1.54, 1.807) is 0 Å². The van der Waals surface area contributed by atoms with Gasteiger partial charge in [-0.2, -0.15) is 0 Å². The van der Waals surface area contributed by atoms with Crippen LogP contribution in [0.1, 0.15) is 43.4 Å². The third-order valence-electron chi connectivity index (χ3n) is 5.04. The maximum absolute atomic E-state index is 5.62. The summed E-state index contributed by atoms with van der Waals surface area (Å²) >= 11 is 0. The lowest BCUT2D eigenvalue weighted by Crippen LogP contribution is -2.46. The first-order valence-electron chi connectivity index (χ1n) is 10.6. The molecule has 1 aromatic carbocycles. The van der Waals surface area contributed by atoms with E-state index in [0.717, 1.165) is 71.4 Å². The number of morpholine rings is 1. The Hall–Kier alpha value is -0.900. The molecule has 166 valence electrons. The minimum Gasteiger partial charge on any atom is -0.381 e. The topological polar surface area (TPSA) is 58.1 Å². The molecule has 1 atom stereocenters. The van der Waals surface area contributed by atoms with Gasteiger partial charge in [-0.05, 0) is 25.3 Å². The summed E-state index contributed by atoms with van der Waals surface area (Å²) in [7, 11) is 1.82. The fourth-order valence-corrected chi connectivity index (χ4v) is 3.28. The molecular weight excluding hydrogens is 479 g/mol. The van der Waals surface area contributed by atoms with Crippen LogP contribution < -0.4 is 10.6 Å². The van der Waals surface area contributed by atoms with Gasteiger partial charge in [0.15, 0.2) is 5.96 Å². The van der Waals surface area contributed by atoms with Gasteiger partial charge in [0.25, 0.3) is 0 Å². The second-order valence-electron chi connectivity index (χ2n) is 7.27. The lowest BCUT2D eigenvalue weighted by atomic mass is 10.0. The van der Waals surface area contributed by atoms with Gasteiger partial charge in [0.2, 0.25) is 0 Å². The van der Waals surface area contributed by atoms with Crippen molar-refractivity contribution in [2.24, 2.45) is 4.99 Å². The lowest BCUT2D eigenvalue weighted by Gasteiger charge is -2.35. The van der Waals surface area contributed by atoms with Crippen LogP contribution in [0.2, 0.25) is 0 Å². The van der Waals surface area contributed by atoms with Gasteiger partial charge in [0.1, 0.15) is 0 Å². The van der Waals surface area contributed by atoms with Gasteiger partial charge in [0.05, 0.1) is 19.3 Å². The predicted octanol–water partition coefficient (Wildman–Crippen LogP) is 3.36. The zero-order chi connectivity index (χ0) is 20.0. The van der Waals surface area contributed by atoms with Crippen LogP contribution in [-0.2, 0) is 9.47 Å². The Morgan fingerprint density at radius 2 is 1.83 bits per heavy atom. The normalized spacial score (nSPS) is 16.2. The number of unbranched alkanes of at least 4 members (excludes halogenated alkanes) is 1. The Morgan fingerprint density at radius 3 is 2.48 bits per heavy atom. The highest BCUT2D eigenvalue weighted by Gasteiger charge is 2.22. The molecule has 1 saturated heterocycles. The number of halogens is 1. The highest BCUT2D eigenvalue weighted by molar-refractivity contribution is 14.0. The molecule has 0 bridgehead atoms. The lowest BCUT2D eigenvalue weighted by molar-refractivity contribution is 0.0170. The summed E-state index contributed by atoms with van der Waals surface area (Å²) in [4.78, 5) is 6.87. The van der Waals surface area contributed by atoms with Crippen molar-refractivity contribution in [2.75, 3.05) is 59.7 Å². The predicted molar refractivity (Wildman–Crippen MR) is 131 cm³/mol. The maximum atomic E-state index is 5.62. The second kappa shape index (κ2) is 15.9. The van der Waals surface area contributed by atoms with E-state index in [2.05, 4.69) is 58.6 Å². The van der Waals surface area contributed by atoms with Crippen molar-refractivity contribution in [3.63, 3.8) is 0 Å². The molecule has 1 heterocycles. The number of guanidine groups is 1. The third-order valence-corrected chi connectivity index (χ3v) is 5.04. The molecular formula is C22H39IN4O2. The molecule has 2 N–H and O–H groups in total. The first-order chi connectivity index (χ1) is 13.7. The van der Waals surface area contributed by atoms with E-state index in [4.69, 9.17) is 9.47 Å². The van der Waals surface area contributed by atoms with Crippen LogP contribution in [0.25, 0.3) is 0 Å². The number of rotatable bonds is 11. The zero-order valence-corrected chi connectivity index (χ0v) is 20.6. The number of aryl methyl sites for hydroxylation is 1. The summed E-state index contributed by atoms with van der Waals surface area (Å²) in [6.07, 6.45) is 3.30. The van der Waals surface area contributed by atoms with Crippen molar-refractivity contribution < 1.29 is 9.47 Å². The summed E-state index contributed by atoms with van der Waals surface area (Å²) < 4.78 is 11.2. The Bertz CT molecular complexity index is 562. The van der Waals surface area contributed by atoms with Crippen molar-refractivity contribution >= 4 is 29.9 Å². The second-order valence-corrected chi connectivity index (χ2v) is 7.27. The molecule has 0 amide bonds. The summed E-state index contributed by atoms with van der Waals surface area (Å²) in [6, 6.07) is 9.16. The molecule has 1 unspecified atom stereocenters. The van der Waals surface area contributed by atoms with Crippen LogP contribution in [0.5, 0.6) is 0 Å². The van der Waals surface area contributed by atoms with Crippen molar-refractivity contribution in [1.29, 1.82) is 0 Å². The highest BCUT2D eigenvalue weighted by Crippen LogP contribution is 2.21. The van der Waals surface area contributed by atoms with Crippen LogP contribution in [0.4, 0.5) is 0 Å². The van der Waals surface area contributed by atoms with Gasteiger partial charge >= 0.3 is 0 Å². The molecule has 1 fully saturated rings. The summed E-state index contributed by atoms with van der Waals surface area (Å²) in [5.74, 6) is 0.846. The Kier molecular flexibility index (Phi) is 14.3. The fraction of sp³-hybridized carbons (Fsp3) is 0.682. The molecule has 2 rings (SSSR count). The van der Waals surface area contributed by atoms with Crippen molar-refractivity contribution in [3.05, 3.63) is 35.4 Å². The van der Waals surface area contributed by atoms with E-state index in [0.29, 0.717) is 6.04 Å². The molecule has 1 aliphatic rings. The number of nitrogens with one attached hydrogen (secondary N) is 2. The largest absolute Gasteiger partial charge is 0.381 e. The summed E-state index contributed by atoms with van der Waals surface area (Å²) in [5, 5.41) is 6.90. The van der Waals surface area contributed by atoms with Gasteiger partial charge in [-0.25, -0.2) is 0 Å². The molecule has 0 aliphatic carbocycles. The Balaban J connectivity index is 0.00000420. The maximum Gasteiger partial charge on any atom is 0.191 e. The molecule has 0 spiro atoms. The van der Waals surface area contributed by atoms with Gasteiger partial charge in [-0.1, -0.05) is 43.2 Å².